The van der Waals surface area contributed by atoms with Gasteiger partial charge in [0.05, 0.1) is 11.8 Å². The zero-order chi connectivity index (χ0) is 12.3. The summed E-state index contributed by atoms with van der Waals surface area (Å²) in [6.45, 7) is 6.36. The zero-order valence-electron chi connectivity index (χ0n) is 9.96. The average molecular weight is 235 g/mol. The van der Waals surface area contributed by atoms with Crippen molar-refractivity contribution in [2.45, 2.75) is 6.92 Å². The predicted octanol–water partition coefficient (Wildman–Crippen LogP) is 0.565. The van der Waals surface area contributed by atoms with Crippen LogP contribution in [-0.2, 0) is 0 Å². The van der Waals surface area contributed by atoms with Gasteiger partial charge < -0.3 is 14.9 Å². The molecule has 17 heavy (non-hydrogen) atoms. The van der Waals surface area contributed by atoms with E-state index in [1.165, 1.54) is 12.4 Å². The third-order valence-electron chi connectivity index (χ3n) is 3.14. The SMILES string of the molecule is CCN1CCN(C(=O)c2ccncc2O)CC1. The maximum absolute atomic E-state index is 12.1. The average Bonchev–Trinajstić information content (AvgIpc) is 2.39. The Bertz CT molecular complexity index is 400. The Hall–Kier alpha value is -1.62. The quantitative estimate of drug-likeness (QED) is 0.814. The van der Waals surface area contributed by atoms with E-state index in [4.69, 9.17) is 0 Å². The Morgan fingerprint density at radius 3 is 2.71 bits per heavy atom. The highest BCUT2D eigenvalue weighted by atomic mass is 16.3. The maximum atomic E-state index is 12.1. The number of aromatic hydroxyl groups is 1. The highest BCUT2D eigenvalue weighted by Gasteiger charge is 2.22. The van der Waals surface area contributed by atoms with Crippen LogP contribution in [0.4, 0.5) is 0 Å². The molecule has 0 aliphatic carbocycles. The van der Waals surface area contributed by atoms with Crippen LogP contribution in [0.5, 0.6) is 5.75 Å². The molecule has 1 N–H and O–H groups in total. The number of likely N-dealkylation sites (N-methyl/N-ethyl adjacent to an activating group) is 1. The van der Waals surface area contributed by atoms with E-state index in [2.05, 4.69) is 16.8 Å². The standard InChI is InChI=1S/C12H17N3O2/c1-2-14-5-7-15(8-6-14)12(17)10-3-4-13-9-11(10)16/h3-4,9,16H,2,5-8H2,1H3. The first-order valence-electron chi connectivity index (χ1n) is 5.87. The summed E-state index contributed by atoms with van der Waals surface area (Å²) in [4.78, 5) is 20.0. The van der Waals surface area contributed by atoms with E-state index in [1.807, 2.05) is 0 Å². The number of carbonyl (C=O) groups excluding carboxylic acids is 1. The molecule has 92 valence electrons. The number of hydrogen-bond donors (Lipinski definition) is 1. The molecule has 1 fully saturated rings. The molecule has 0 unspecified atom stereocenters. The minimum atomic E-state index is -0.111. The fourth-order valence-corrected chi connectivity index (χ4v) is 2.00. The summed E-state index contributed by atoms with van der Waals surface area (Å²) in [6.07, 6.45) is 2.82. The van der Waals surface area contributed by atoms with E-state index < -0.39 is 0 Å². The van der Waals surface area contributed by atoms with E-state index in [0.717, 1.165) is 19.6 Å². The summed E-state index contributed by atoms with van der Waals surface area (Å²) in [6, 6.07) is 1.56. The predicted molar refractivity (Wildman–Crippen MR) is 63.9 cm³/mol. The lowest BCUT2D eigenvalue weighted by Gasteiger charge is -2.34. The molecule has 5 heteroatoms. The normalized spacial score (nSPS) is 17.1. The molecule has 1 aromatic heterocycles. The third-order valence-corrected chi connectivity index (χ3v) is 3.14. The number of hydrogen-bond acceptors (Lipinski definition) is 4. The van der Waals surface area contributed by atoms with Crippen molar-refractivity contribution >= 4 is 5.91 Å². The fourth-order valence-electron chi connectivity index (χ4n) is 2.00. The summed E-state index contributed by atoms with van der Waals surface area (Å²) in [5.41, 5.74) is 0.338. The number of pyridine rings is 1. The van der Waals surface area contributed by atoms with Gasteiger partial charge in [0.1, 0.15) is 5.75 Å². The molecular weight excluding hydrogens is 218 g/mol. The minimum Gasteiger partial charge on any atom is -0.505 e. The van der Waals surface area contributed by atoms with Crippen LogP contribution in [0.15, 0.2) is 18.5 Å². The molecule has 1 aromatic rings. The van der Waals surface area contributed by atoms with E-state index in [1.54, 1.807) is 11.0 Å². The summed E-state index contributed by atoms with van der Waals surface area (Å²) in [5.74, 6) is -0.156. The van der Waals surface area contributed by atoms with E-state index >= 15 is 0 Å². The molecule has 0 spiro atoms. The van der Waals surface area contributed by atoms with E-state index in [0.29, 0.717) is 18.7 Å². The van der Waals surface area contributed by atoms with Crippen LogP contribution in [0.2, 0.25) is 0 Å². The van der Waals surface area contributed by atoms with Crippen molar-refractivity contribution in [3.05, 3.63) is 24.0 Å². The molecule has 0 atom stereocenters. The Morgan fingerprint density at radius 2 is 2.12 bits per heavy atom. The molecule has 0 aromatic carbocycles. The maximum Gasteiger partial charge on any atom is 0.257 e. The molecule has 1 amide bonds. The molecule has 1 saturated heterocycles. The van der Waals surface area contributed by atoms with Gasteiger partial charge in [-0.3, -0.25) is 9.78 Å². The summed E-state index contributed by atoms with van der Waals surface area (Å²) in [5, 5.41) is 9.59. The Kier molecular flexibility index (Phi) is 3.58. The van der Waals surface area contributed by atoms with Gasteiger partial charge in [-0.05, 0) is 12.6 Å². The number of nitrogens with zero attached hydrogens (tertiary/aromatic N) is 3. The number of rotatable bonds is 2. The molecule has 2 rings (SSSR count). The van der Waals surface area contributed by atoms with Gasteiger partial charge in [0, 0.05) is 32.4 Å². The van der Waals surface area contributed by atoms with Crippen molar-refractivity contribution in [3.8, 4) is 5.75 Å². The van der Waals surface area contributed by atoms with Crippen molar-refractivity contribution in [2.24, 2.45) is 0 Å². The molecule has 0 saturated carbocycles. The van der Waals surface area contributed by atoms with Gasteiger partial charge in [0.2, 0.25) is 0 Å². The van der Waals surface area contributed by atoms with Crippen LogP contribution in [0.3, 0.4) is 0 Å². The third kappa shape index (κ3) is 2.55. The second-order valence-corrected chi connectivity index (χ2v) is 4.12. The van der Waals surface area contributed by atoms with Gasteiger partial charge in [-0.1, -0.05) is 6.92 Å². The first kappa shape index (κ1) is 11.9. The van der Waals surface area contributed by atoms with Gasteiger partial charge in [-0.15, -0.1) is 0 Å². The molecule has 1 aliphatic heterocycles. The molecular formula is C12H17N3O2. The first-order valence-corrected chi connectivity index (χ1v) is 5.87. The Morgan fingerprint density at radius 1 is 1.41 bits per heavy atom. The van der Waals surface area contributed by atoms with Gasteiger partial charge >= 0.3 is 0 Å². The van der Waals surface area contributed by atoms with Crippen LogP contribution in [0, 0.1) is 0 Å². The van der Waals surface area contributed by atoms with Crippen molar-refractivity contribution < 1.29 is 9.90 Å². The second-order valence-electron chi connectivity index (χ2n) is 4.12. The van der Waals surface area contributed by atoms with Crippen molar-refractivity contribution in [1.29, 1.82) is 0 Å². The van der Waals surface area contributed by atoms with Gasteiger partial charge in [0.15, 0.2) is 0 Å². The van der Waals surface area contributed by atoms with Crippen LogP contribution in [0.25, 0.3) is 0 Å². The number of carbonyl (C=O) groups is 1. The number of amides is 1. The Labute approximate surface area is 101 Å². The second kappa shape index (κ2) is 5.14. The largest absolute Gasteiger partial charge is 0.505 e. The lowest BCUT2D eigenvalue weighted by molar-refractivity contribution is 0.0640. The molecule has 0 radical (unpaired) electrons. The van der Waals surface area contributed by atoms with Gasteiger partial charge in [-0.25, -0.2) is 0 Å². The Balaban J connectivity index is 2.04. The van der Waals surface area contributed by atoms with Gasteiger partial charge in [0.25, 0.3) is 5.91 Å². The van der Waals surface area contributed by atoms with Crippen molar-refractivity contribution in [2.75, 3.05) is 32.7 Å². The summed E-state index contributed by atoms with van der Waals surface area (Å²) >= 11 is 0. The highest BCUT2D eigenvalue weighted by Crippen LogP contribution is 2.17. The molecule has 1 aliphatic rings. The van der Waals surface area contributed by atoms with Crippen LogP contribution < -0.4 is 0 Å². The van der Waals surface area contributed by atoms with Crippen molar-refractivity contribution in [3.63, 3.8) is 0 Å². The minimum absolute atomic E-state index is 0.0459. The van der Waals surface area contributed by atoms with Crippen LogP contribution in [0.1, 0.15) is 17.3 Å². The molecule has 2 heterocycles. The zero-order valence-corrected chi connectivity index (χ0v) is 9.96. The number of aromatic nitrogens is 1. The monoisotopic (exact) mass is 235 g/mol. The first-order chi connectivity index (χ1) is 8.22. The van der Waals surface area contributed by atoms with Crippen LogP contribution in [-0.4, -0.2) is 58.5 Å². The fraction of sp³-hybridized carbons (Fsp3) is 0.500. The summed E-state index contributed by atoms with van der Waals surface area (Å²) < 4.78 is 0. The summed E-state index contributed by atoms with van der Waals surface area (Å²) in [7, 11) is 0. The lowest BCUT2D eigenvalue weighted by atomic mass is 10.2. The smallest absolute Gasteiger partial charge is 0.257 e. The molecule has 0 bridgehead atoms. The lowest BCUT2D eigenvalue weighted by Crippen LogP contribution is -2.48. The van der Waals surface area contributed by atoms with Gasteiger partial charge in [-0.2, -0.15) is 0 Å². The van der Waals surface area contributed by atoms with Crippen LogP contribution >= 0.6 is 0 Å². The van der Waals surface area contributed by atoms with E-state index in [9.17, 15) is 9.90 Å². The number of piperazine rings is 1. The van der Waals surface area contributed by atoms with E-state index in [-0.39, 0.29) is 11.7 Å². The highest BCUT2D eigenvalue weighted by molar-refractivity contribution is 5.96. The molecule has 5 nitrogen and oxygen atoms in total. The van der Waals surface area contributed by atoms with Crippen molar-refractivity contribution in [1.82, 2.24) is 14.8 Å². The topological polar surface area (TPSA) is 56.7 Å².